The van der Waals surface area contributed by atoms with Crippen molar-refractivity contribution in [3.05, 3.63) is 76.4 Å². The monoisotopic (exact) mass is 497 g/mol. The van der Waals surface area contributed by atoms with Crippen LogP contribution in [0.4, 0.5) is 10.1 Å². The molecule has 1 aromatic heterocycles. The summed E-state index contributed by atoms with van der Waals surface area (Å²) in [6.07, 6.45) is 3.99. The summed E-state index contributed by atoms with van der Waals surface area (Å²) in [5, 5.41) is 6.79. The lowest BCUT2D eigenvalue weighted by Crippen LogP contribution is -2.44. The van der Waals surface area contributed by atoms with E-state index in [2.05, 4.69) is 10.5 Å². The molecule has 9 heteroatoms. The Morgan fingerprint density at radius 1 is 1.14 bits per heavy atom. The predicted molar refractivity (Wildman–Crippen MR) is 133 cm³/mol. The molecule has 2 aromatic carbocycles. The van der Waals surface area contributed by atoms with E-state index in [1.54, 1.807) is 25.1 Å². The smallest absolute Gasteiger partial charge is 0.248 e. The summed E-state index contributed by atoms with van der Waals surface area (Å²) < 4.78 is 47.7. The lowest BCUT2D eigenvalue weighted by atomic mass is 9.98. The molecule has 0 aliphatic carbocycles. The van der Waals surface area contributed by atoms with E-state index in [1.165, 1.54) is 22.5 Å². The summed E-state index contributed by atoms with van der Waals surface area (Å²) in [5.41, 5.74) is 3.28. The van der Waals surface area contributed by atoms with E-state index in [9.17, 15) is 17.6 Å². The second-order valence-corrected chi connectivity index (χ2v) is 10.6. The molecule has 0 bridgehead atoms. The van der Waals surface area contributed by atoms with Crippen LogP contribution in [0.2, 0.25) is 0 Å². The van der Waals surface area contributed by atoms with Gasteiger partial charge in [-0.25, -0.2) is 12.8 Å². The summed E-state index contributed by atoms with van der Waals surface area (Å²) >= 11 is 0. The Kier molecular flexibility index (Phi) is 7.18. The largest absolute Gasteiger partial charge is 0.355 e. The van der Waals surface area contributed by atoms with Crippen molar-refractivity contribution in [1.82, 2.24) is 9.46 Å². The van der Waals surface area contributed by atoms with Gasteiger partial charge in [0.25, 0.3) is 0 Å². The van der Waals surface area contributed by atoms with Gasteiger partial charge in [-0.05, 0) is 69.0 Å². The van der Waals surface area contributed by atoms with Gasteiger partial charge in [0.05, 0.1) is 5.92 Å². The van der Waals surface area contributed by atoms with Crippen LogP contribution in [-0.2, 0) is 14.8 Å². The van der Waals surface area contributed by atoms with E-state index in [0.29, 0.717) is 18.4 Å². The number of aryl methyl sites for hydroxylation is 2. The average Bonchev–Trinajstić information content (AvgIpc) is 3.22. The number of nitrogens with one attached hydrogen (secondary N) is 1. The van der Waals surface area contributed by atoms with Crippen molar-refractivity contribution in [2.75, 3.05) is 18.4 Å². The highest BCUT2D eigenvalue weighted by Gasteiger charge is 2.37. The number of carbonyl (C=O) groups excluding carboxylic acids is 1. The quantitative estimate of drug-likeness (QED) is 0.520. The molecule has 184 valence electrons. The zero-order valence-corrected chi connectivity index (χ0v) is 20.7. The fourth-order valence-corrected chi connectivity index (χ4v) is 5.97. The number of carbonyl (C=O) groups is 1. The van der Waals surface area contributed by atoms with Gasteiger partial charge in [-0.15, -0.1) is 0 Å². The molecule has 0 radical (unpaired) electrons. The molecule has 3 aromatic rings. The molecule has 1 atom stereocenters. The van der Waals surface area contributed by atoms with Gasteiger partial charge in [0.2, 0.25) is 15.9 Å². The van der Waals surface area contributed by atoms with E-state index in [0.717, 1.165) is 16.8 Å². The SMILES string of the molecule is Cc1cccc(NC(=O)[C@@H]2CCCN(S(=O)(=O)c3c(C)noc3/C=C/c3ccccc3F)C2)c1C. The van der Waals surface area contributed by atoms with Crippen molar-refractivity contribution in [2.45, 2.75) is 38.5 Å². The number of hydrogen-bond acceptors (Lipinski definition) is 5. The third-order valence-electron chi connectivity index (χ3n) is 6.37. The van der Waals surface area contributed by atoms with Crippen molar-refractivity contribution < 1.29 is 22.1 Å². The molecular formula is C26H28FN3O4S. The van der Waals surface area contributed by atoms with Crippen LogP contribution < -0.4 is 5.32 Å². The summed E-state index contributed by atoms with van der Waals surface area (Å²) in [7, 11) is -4.00. The van der Waals surface area contributed by atoms with Gasteiger partial charge < -0.3 is 9.84 Å². The molecule has 1 fully saturated rings. The molecule has 4 rings (SSSR count). The standard InChI is InChI=1S/C26H28FN3O4S/c1-17-8-6-12-23(18(17)2)28-26(31)21-10-7-15-30(16-21)35(32,33)25-19(3)29-34-24(25)14-13-20-9-4-5-11-22(20)27/h4-6,8-9,11-14,21H,7,10,15-16H2,1-3H3,(H,28,31)/b14-13+/t21-/m1/s1. The third kappa shape index (κ3) is 5.21. The number of amides is 1. The minimum absolute atomic E-state index is 0.0210. The van der Waals surface area contributed by atoms with Gasteiger partial charge in [-0.2, -0.15) is 4.31 Å². The van der Waals surface area contributed by atoms with E-state index in [1.807, 2.05) is 32.0 Å². The van der Waals surface area contributed by atoms with Crippen LogP contribution in [0.25, 0.3) is 12.2 Å². The molecule has 0 unspecified atom stereocenters. The molecule has 7 nitrogen and oxygen atoms in total. The van der Waals surface area contributed by atoms with Crippen LogP contribution in [-0.4, -0.2) is 36.9 Å². The van der Waals surface area contributed by atoms with Gasteiger partial charge in [0.1, 0.15) is 11.5 Å². The van der Waals surface area contributed by atoms with Gasteiger partial charge in [0.15, 0.2) is 10.7 Å². The van der Waals surface area contributed by atoms with Crippen molar-refractivity contribution in [3.8, 4) is 0 Å². The average molecular weight is 498 g/mol. The number of hydrogen-bond donors (Lipinski definition) is 1. The third-order valence-corrected chi connectivity index (χ3v) is 8.39. The Morgan fingerprint density at radius 3 is 2.69 bits per heavy atom. The molecular weight excluding hydrogens is 469 g/mol. The molecule has 1 saturated heterocycles. The Hall–Kier alpha value is -3.30. The fraction of sp³-hybridized carbons (Fsp3) is 0.308. The van der Waals surface area contributed by atoms with Crippen molar-refractivity contribution in [3.63, 3.8) is 0 Å². The van der Waals surface area contributed by atoms with Crippen LogP contribution in [0.15, 0.2) is 51.9 Å². The number of benzene rings is 2. The van der Waals surface area contributed by atoms with Gasteiger partial charge >= 0.3 is 0 Å². The Morgan fingerprint density at radius 2 is 1.91 bits per heavy atom. The zero-order valence-electron chi connectivity index (χ0n) is 19.9. The number of rotatable bonds is 6. The number of piperidine rings is 1. The van der Waals surface area contributed by atoms with Gasteiger partial charge in [0, 0.05) is 24.3 Å². The topological polar surface area (TPSA) is 92.5 Å². The normalized spacial score (nSPS) is 17.1. The minimum atomic E-state index is -4.00. The Bertz CT molecular complexity index is 1380. The summed E-state index contributed by atoms with van der Waals surface area (Å²) in [5.74, 6) is -1.11. The highest BCUT2D eigenvalue weighted by molar-refractivity contribution is 7.89. The number of sulfonamides is 1. The maximum atomic E-state index is 14.0. The van der Waals surface area contributed by atoms with Crippen LogP contribution in [0.1, 0.15) is 41.0 Å². The maximum Gasteiger partial charge on any atom is 0.248 e. The fourth-order valence-electron chi connectivity index (χ4n) is 4.20. The van der Waals surface area contributed by atoms with Crippen molar-refractivity contribution >= 4 is 33.8 Å². The van der Waals surface area contributed by atoms with Crippen molar-refractivity contribution in [2.24, 2.45) is 5.92 Å². The summed E-state index contributed by atoms with van der Waals surface area (Å²) in [6, 6.07) is 11.8. The number of halogens is 1. The lowest BCUT2D eigenvalue weighted by molar-refractivity contribution is -0.120. The molecule has 1 aliphatic rings. The van der Waals surface area contributed by atoms with Crippen molar-refractivity contribution in [1.29, 1.82) is 0 Å². The highest BCUT2D eigenvalue weighted by Crippen LogP contribution is 2.30. The first-order valence-corrected chi connectivity index (χ1v) is 12.9. The van der Waals surface area contributed by atoms with E-state index < -0.39 is 21.8 Å². The first-order valence-electron chi connectivity index (χ1n) is 11.4. The first-order chi connectivity index (χ1) is 16.7. The summed E-state index contributed by atoms with van der Waals surface area (Å²) in [4.78, 5) is 12.9. The van der Waals surface area contributed by atoms with Crippen LogP contribution in [0.5, 0.6) is 0 Å². The lowest BCUT2D eigenvalue weighted by Gasteiger charge is -2.31. The predicted octanol–water partition coefficient (Wildman–Crippen LogP) is 4.95. The second kappa shape index (κ2) is 10.1. The second-order valence-electron chi connectivity index (χ2n) is 8.76. The van der Waals surface area contributed by atoms with Crippen LogP contribution >= 0.6 is 0 Å². The number of aromatic nitrogens is 1. The molecule has 0 spiro atoms. The molecule has 0 saturated carbocycles. The van der Waals surface area contributed by atoms with Gasteiger partial charge in [-0.3, -0.25) is 4.79 Å². The van der Waals surface area contributed by atoms with Crippen LogP contribution in [0.3, 0.4) is 0 Å². The van der Waals surface area contributed by atoms with E-state index >= 15 is 0 Å². The first kappa shape index (κ1) is 24.8. The molecule has 1 amide bonds. The molecule has 1 aliphatic heterocycles. The summed E-state index contributed by atoms with van der Waals surface area (Å²) in [6.45, 7) is 5.80. The number of nitrogens with zero attached hydrogens (tertiary/aromatic N) is 2. The Balaban J connectivity index is 1.55. The highest BCUT2D eigenvalue weighted by atomic mass is 32.2. The van der Waals surface area contributed by atoms with Crippen LogP contribution in [0, 0.1) is 32.5 Å². The number of anilines is 1. The molecule has 35 heavy (non-hydrogen) atoms. The van der Waals surface area contributed by atoms with E-state index in [-0.39, 0.29) is 35.3 Å². The zero-order chi connectivity index (χ0) is 25.2. The molecule has 1 N–H and O–H groups in total. The Labute approximate surface area is 204 Å². The minimum Gasteiger partial charge on any atom is -0.355 e. The van der Waals surface area contributed by atoms with E-state index in [4.69, 9.17) is 4.52 Å². The maximum absolute atomic E-state index is 14.0. The van der Waals surface area contributed by atoms with Gasteiger partial charge in [-0.1, -0.05) is 35.5 Å². The molecule has 2 heterocycles.